The van der Waals surface area contributed by atoms with Gasteiger partial charge in [0.05, 0.1) is 26.5 Å². The van der Waals surface area contributed by atoms with Gasteiger partial charge in [-0.05, 0) is 36.6 Å². The number of carbonyl (C=O) groups excluding carboxylic acids is 4. The molecule has 4 amide bonds. The molecule has 11 heteroatoms. The van der Waals surface area contributed by atoms with Crippen LogP contribution in [0.4, 0.5) is 10.5 Å². The Morgan fingerprint density at radius 3 is 2.51 bits per heavy atom. The number of likely N-dealkylation sites (tertiary alicyclic amines) is 1. The molecule has 1 aliphatic rings. The summed E-state index contributed by atoms with van der Waals surface area (Å²) in [6.07, 6.45) is 1.68. The van der Waals surface area contributed by atoms with E-state index in [2.05, 4.69) is 16.0 Å². The van der Waals surface area contributed by atoms with Gasteiger partial charge < -0.3 is 34.7 Å². The van der Waals surface area contributed by atoms with Gasteiger partial charge in [-0.15, -0.1) is 0 Å². The van der Waals surface area contributed by atoms with Gasteiger partial charge in [-0.3, -0.25) is 9.59 Å². The Balaban J connectivity index is 1.80. The molecule has 1 aromatic carbocycles. The largest absolute Gasteiger partial charge is 0.497 e. The number of methoxy groups -OCH3 is 2. The minimum atomic E-state index is -1.07. The van der Waals surface area contributed by atoms with Gasteiger partial charge in [0.15, 0.2) is 5.76 Å². The first-order chi connectivity index (χ1) is 16.7. The van der Waals surface area contributed by atoms with E-state index in [9.17, 15) is 19.2 Å². The van der Waals surface area contributed by atoms with Crippen molar-refractivity contribution in [2.24, 2.45) is 5.92 Å². The summed E-state index contributed by atoms with van der Waals surface area (Å²) in [4.78, 5) is 52.7. The molecule has 3 atom stereocenters. The lowest BCUT2D eigenvalue weighted by molar-refractivity contribution is -0.146. The van der Waals surface area contributed by atoms with Crippen molar-refractivity contribution in [1.29, 1.82) is 0 Å². The Bertz CT molecular complexity index is 1050. The zero-order valence-electron chi connectivity index (χ0n) is 20.1. The summed E-state index contributed by atoms with van der Waals surface area (Å²) in [5.74, 6) is -1.30. The molecule has 0 unspecified atom stereocenters. The van der Waals surface area contributed by atoms with E-state index in [1.54, 1.807) is 44.2 Å². The van der Waals surface area contributed by atoms with Crippen molar-refractivity contribution >= 4 is 29.5 Å². The second-order valence-corrected chi connectivity index (χ2v) is 8.40. The molecule has 0 aliphatic carbocycles. The third-order valence-electron chi connectivity index (χ3n) is 5.72. The van der Waals surface area contributed by atoms with E-state index in [1.807, 2.05) is 0 Å². The minimum absolute atomic E-state index is 0.0673. The van der Waals surface area contributed by atoms with Crippen LogP contribution in [0.25, 0.3) is 0 Å². The molecule has 1 aromatic heterocycles. The van der Waals surface area contributed by atoms with Gasteiger partial charge in [-0.2, -0.15) is 0 Å². The number of nitrogens with zero attached hydrogens (tertiary/aromatic N) is 1. The van der Waals surface area contributed by atoms with Crippen LogP contribution in [0.2, 0.25) is 0 Å². The minimum Gasteiger partial charge on any atom is -0.497 e. The highest BCUT2D eigenvalue weighted by Gasteiger charge is 2.44. The fourth-order valence-electron chi connectivity index (χ4n) is 3.94. The van der Waals surface area contributed by atoms with Crippen LogP contribution in [0.15, 0.2) is 47.1 Å². The molecule has 11 nitrogen and oxygen atoms in total. The quantitative estimate of drug-likeness (QED) is 0.485. The summed E-state index contributed by atoms with van der Waals surface area (Å²) in [6.45, 7) is 3.73. The summed E-state index contributed by atoms with van der Waals surface area (Å²) in [5, 5.41) is 8.16. The van der Waals surface area contributed by atoms with Crippen LogP contribution in [0, 0.1) is 5.92 Å². The van der Waals surface area contributed by atoms with Gasteiger partial charge >= 0.3 is 12.0 Å². The van der Waals surface area contributed by atoms with Crippen molar-refractivity contribution in [2.45, 2.75) is 38.4 Å². The Morgan fingerprint density at radius 2 is 1.89 bits per heavy atom. The number of hydrogen-bond acceptors (Lipinski definition) is 7. The number of esters is 1. The third kappa shape index (κ3) is 6.11. The molecular weight excluding hydrogens is 456 g/mol. The monoisotopic (exact) mass is 486 g/mol. The fourth-order valence-corrected chi connectivity index (χ4v) is 3.94. The Labute approximate surface area is 203 Å². The Kier molecular flexibility index (Phi) is 8.34. The number of urea groups is 1. The summed E-state index contributed by atoms with van der Waals surface area (Å²) in [7, 11) is 2.75. The van der Waals surface area contributed by atoms with E-state index in [0.29, 0.717) is 17.9 Å². The van der Waals surface area contributed by atoms with Crippen LogP contribution in [0.5, 0.6) is 5.75 Å². The molecule has 0 bridgehead atoms. The van der Waals surface area contributed by atoms with Crippen LogP contribution in [-0.4, -0.2) is 67.6 Å². The highest BCUT2D eigenvalue weighted by molar-refractivity contribution is 5.98. The molecule has 2 aromatic rings. The van der Waals surface area contributed by atoms with Crippen molar-refractivity contribution < 1.29 is 33.1 Å². The Morgan fingerprint density at radius 1 is 1.11 bits per heavy atom. The van der Waals surface area contributed by atoms with Crippen molar-refractivity contribution in [3.05, 3.63) is 48.4 Å². The smallest absolute Gasteiger partial charge is 0.328 e. The maximum Gasteiger partial charge on any atom is 0.328 e. The second kappa shape index (κ2) is 11.4. The molecule has 2 heterocycles. The highest BCUT2D eigenvalue weighted by atomic mass is 16.5. The van der Waals surface area contributed by atoms with E-state index in [-0.39, 0.29) is 18.2 Å². The van der Waals surface area contributed by atoms with Crippen LogP contribution >= 0.6 is 0 Å². The number of furan rings is 1. The van der Waals surface area contributed by atoms with E-state index >= 15 is 0 Å². The van der Waals surface area contributed by atoms with Gasteiger partial charge in [-0.25, -0.2) is 9.59 Å². The summed E-state index contributed by atoms with van der Waals surface area (Å²) >= 11 is 0. The number of nitrogens with one attached hydrogen (secondary N) is 3. The summed E-state index contributed by atoms with van der Waals surface area (Å²) < 4.78 is 15.2. The maximum absolute atomic E-state index is 13.4. The van der Waals surface area contributed by atoms with Crippen molar-refractivity contribution in [2.75, 3.05) is 26.1 Å². The van der Waals surface area contributed by atoms with Gasteiger partial charge in [-0.1, -0.05) is 19.9 Å². The molecule has 0 saturated carbocycles. The molecule has 188 valence electrons. The number of ether oxygens (including phenoxy) is 2. The average Bonchev–Trinajstić information content (AvgIpc) is 3.52. The maximum atomic E-state index is 13.4. The highest BCUT2D eigenvalue weighted by Crippen LogP contribution is 2.23. The number of amides is 4. The number of benzene rings is 1. The van der Waals surface area contributed by atoms with Crippen molar-refractivity contribution in [3.8, 4) is 5.75 Å². The van der Waals surface area contributed by atoms with Gasteiger partial charge in [0.25, 0.3) is 5.91 Å². The lowest BCUT2D eigenvalue weighted by Crippen LogP contribution is -2.58. The standard InChI is InChI=1S/C24H30N4O7/c1-14(2)19(23(31)34-4)27-21(29)20-17(10-11-28(20)22(30)18-9-6-12-35-18)26-24(32)25-15-7-5-8-16(13-15)33-3/h5-9,12-14,17,19-20H,10-11H2,1-4H3,(H,27,29)(H2,25,26,32)/t17-,19+,20-/m0/s1. The third-order valence-corrected chi connectivity index (χ3v) is 5.72. The Hall–Kier alpha value is -4.02. The summed E-state index contributed by atoms with van der Waals surface area (Å²) in [5.41, 5.74) is 0.495. The van der Waals surface area contributed by atoms with Crippen LogP contribution < -0.4 is 20.7 Å². The van der Waals surface area contributed by atoms with Crippen molar-refractivity contribution in [3.63, 3.8) is 0 Å². The first-order valence-corrected chi connectivity index (χ1v) is 11.2. The molecule has 3 N–H and O–H groups in total. The molecule has 1 fully saturated rings. The van der Waals surface area contributed by atoms with Crippen molar-refractivity contribution in [1.82, 2.24) is 15.5 Å². The zero-order valence-corrected chi connectivity index (χ0v) is 20.1. The van der Waals surface area contributed by atoms with E-state index in [0.717, 1.165) is 0 Å². The van der Waals surface area contributed by atoms with E-state index < -0.39 is 41.9 Å². The molecule has 3 rings (SSSR count). The van der Waals surface area contributed by atoms with E-state index in [1.165, 1.54) is 31.4 Å². The van der Waals surface area contributed by atoms with Gasteiger partial charge in [0.1, 0.15) is 17.8 Å². The topological polar surface area (TPSA) is 139 Å². The normalized spacial score (nSPS) is 18.0. The number of hydrogen-bond donors (Lipinski definition) is 3. The molecule has 35 heavy (non-hydrogen) atoms. The second-order valence-electron chi connectivity index (χ2n) is 8.40. The zero-order chi connectivity index (χ0) is 25.5. The van der Waals surface area contributed by atoms with Gasteiger partial charge in [0.2, 0.25) is 5.91 Å². The average molecular weight is 487 g/mol. The predicted octanol–water partition coefficient (Wildman–Crippen LogP) is 2.01. The molecule has 1 saturated heterocycles. The van der Waals surface area contributed by atoms with E-state index in [4.69, 9.17) is 13.9 Å². The lowest BCUT2D eigenvalue weighted by atomic mass is 10.0. The number of anilines is 1. The number of carbonyl (C=O) groups is 4. The molecule has 0 radical (unpaired) electrons. The van der Waals surface area contributed by atoms with Gasteiger partial charge in [0, 0.05) is 18.3 Å². The molecule has 0 spiro atoms. The van der Waals surface area contributed by atoms with Crippen LogP contribution in [0.3, 0.4) is 0 Å². The number of rotatable bonds is 8. The SMILES string of the molecule is COC(=O)[C@H](NC(=O)[C@@H]1[C@@H](NC(=O)Nc2cccc(OC)c2)CCN1C(=O)c1ccco1)C(C)C. The lowest BCUT2D eigenvalue weighted by Gasteiger charge is -2.29. The van der Waals surface area contributed by atoms with Crippen LogP contribution in [0.1, 0.15) is 30.8 Å². The first kappa shape index (κ1) is 25.6. The van der Waals surface area contributed by atoms with Crippen LogP contribution in [-0.2, 0) is 14.3 Å². The first-order valence-electron chi connectivity index (χ1n) is 11.2. The predicted molar refractivity (Wildman–Crippen MR) is 126 cm³/mol. The molecular formula is C24H30N4O7. The fraction of sp³-hybridized carbons (Fsp3) is 0.417. The summed E-state index contributed by atoms with van der Waals surface area (Å²) in [6, 6.07) is 6.61. The molecule has 1 aliphatic heterocycles.